The molecule has 0 radical (unpaired) electrons. The number of rotatable bonds is 16. The molecule has 1 aliphatic carbocycles. The third-order valence-electron chi connectivity index (χ3n) is 7.00. The number of aliphatic carboxylic acids is 1. The molecule has 1 fully saturated rings. The van der Waals surface area contributed by atoms with Gasteiger partial charge in [-0.1, -0.05) is 24.3 Å². The van der Waals surface area contributed by atoms with Gasteiger partial charge in [0.1, 0.15) is 24.2 Å². The number of hydrogen-bond donors (Lipinski definition) is 3. The first-order valence-corrected chi connectivity index (χ1v) is 13.9. The van der Waals surface area contributed by atoms with Gasteiger partial charge in [0.15, 0.2) is 0 Å². The molecule has 9 nitrogen and oxygen atoms in total. The van der Waals surface area contributed by atoms with Crippen molar-refractivity contribution < 1.29 is 24.2 Å². The number of carboxylic acids is 1. The summed E-state index contributed by atoms with van der Waals surface area (Å²) in [4.78, 5) is 30.8. The van der Waals surface area contributed by atoms with Crippen LogP contribution in [0.5, 0.6) is 5.75 Å². The van der Waals surface area contributed by atoms with Crippen molar-refractivity contribution in [3.05, 3.63) is 53.7 Å². The van der Waals surface area contributed by atoms with Crippen LogP contribution in [0.4, 0.5) is 10.6 Å². The maximum Gasteiger partial charge on any atom is 0.407 e. The first kappa shape index (κ1) is 27.7. The zero-order valence-corrected chi connectivity index (χ0v) is 22.1. The Morgan fingerprint density at radius 3 is 2.74 bits per heavy atom. The topological polar surface area (TPSA) is 113 Å². The Balaban J connectivity index is 1.24. The third-order valence-corrected chi connectivity index (χ3v) is 7.00. The highest BCUT2D eigenvalue weighted by molar-refractivity contribution is 5.79. The number of carboxylic acid groups (broad SMARTS) is 1. The van der Waals surface area contributed by atoms with Crippen molar-refractivity contribution in [1.29, 1.82) is 0 Å². The molecule has 4 rings (SSSR count). The van der Waals surface area contributed by atoms with E-state index in [2.05, 4.69) is 27.7 Å². The van der Waals surface area contributed by atoms with Crippen LogP contribution in [0.2, 0.25) is 0 Å². The molecule has 1 aromatic heterocycles. The number of carbonyl (C=O) groups is 2. The molecule has 0 bridgehead atoms. The van der Waals surface area contributed by atoms with Crippen LogP contribution in [0.25, 0.3) is 0 Å². The second-order valence-corrected chi connectivity index (χ2v) is 10.2. The number of para-hydroxylation sites is 1. The van der Waals surface area contributed by atoms with Crippen molar-refractivity contribution in [1.82, 2.24) is 15.2 Å². The average molecular weight is 525 g/mol. The average Bonchev–Trinajstić information content (AvgIpc) is 3.77. The number of alkyl carbamates (subject to hydrolysis) is 1. The Hall–Kier alpha value is -3.33. The van der Waals surface area contributed by atoms with Gasteiger partial charge in [0.25, 0.3) is 0 Å². The number of aryl methyl sites for hydroxylation is 2. The smallest absolute Gasteiger partial charge is 0.407 e. The molecule has 0 saturated heterocycles. The lowest BCUT2D eigenvalue weighted by atomic mass is 10.1. The third kappa shape index (κ3) is 9.52. The molecule has 0 spiro atoms. The number of nitrogens with one attached hydrogen (secondary N) is 2. The van der Waals surface area contributed by atoms with Gasteiger partial charge >= 0.3 is 12.1 Å². The minimum Gasteiger partial charge on any atom is -0.492 e. The lowest BCUT2D eigenvalue weighted by molar-refractivity contribution is -0.139. The van der Waals surface area contributed by atoms with Crippen molar-refractivity contribution in [2.45, 2.75) is 57.4 Å². The van der Waals surface area contributed by atoms with Gasteiger partial charge in [-0.2, -0.15) is 0 Å². The Morgan fingerprint density at radius 2 is 1.95 bits per heavy atom. The normalized spacial score (nSPS) is 15.3. The summed E-state index contributed by atoms with van der Waals surface area (Å²) in [6.45, 7) is 3.83. The summed E-state index contributed by atoms with van der Waals surface area (Å²) in [7, 11) is 0. The highest BCUT2D eigenvalue weighted by Gasteiger charge is 2.25. The number of anilines is 1. The number of ether oxygens (including phenoxy) is 2. The van der Waals surface area contributed by atoms with E-state index < -0.39 is 18.1 Å². The van der Waals surface area contributed by atoms with E-state index >= 15 is 0 Å². The Morgan fingerprint density at radius 1 is 1.11 bits per heavy atom. The molecule has 2 aromatic rings. The highest BCUT2D eigenvalue weighted by atomic mass is 16.5. The molecule has 2 aliphatic rings. The summed E-state index contributed by atoms with van der Waals surface area (Å²) in [5, 5.41) is 15.6. The van der Waals surface area contributed by atoms with E-state index in [0.29, 0.717) is 32.2 Å². The Labute approximate surface area is 224 Å². The standard InChI is InChI=1S/C29H40N4O5/c34-28(35)26(32-29(36)38-21-22-11-12-22)15-18-33(19-20-37-25-9-2-1-3-10-25)17-5-4-8-24-14-13-23-7-6-16-30-27(23)31-24/h1-3,9-10,13-14,22,26H,4-8,11-12,15-21H2,(H,30,31)(H,32,36)(H,34,35). The fraction of sp³-hybridized carbons (Fsp3) is 0.552. The minimum atomic E-state index is -1.05. The van der Waals surface area contributed by atoms with Crippen LogP contribution < -0.4 is 15.4 Å². The quantitative estimate of drug-likeness (QED) is 0.281. The number of fused-ring (bicyclic) bond motifs is 1. The summed E-state index contributed by atoms with van der Waals surface area (Å²) in [5.41, 5.74) is 2.39. The molecule has 1 aromatic carbocycles. The van der Waals surface area contributed by atoms with Gasteiger partial charge in [-0.15, -0.1) is 0 Å². The highest BCUT2D eigenvalue weighted by Crippen LogP contribution is 2.28. The molecule has 3 N–H and O–H groups in total. The van der Waals surface area contributed by atoms with E-state index in [9.17, 15) is 14.7 Å². The number of unbranched alkanes of at least 4 members (excludes halogenated alkanes) is 1. The minimum absolute atomic E-state index is 0.289. The van der Waals surface area contributed by atoms with E-state index in [1.165, 1.54) is 5.56 Å². The van der Waals surface area contributed by atoms with Gasteiger partial charge in [0.05, 0.1) is 6.61 Å². The van der Waals surface area contributed by atoms with Crippen molar-refractivity contribution in [2.24, 2.45) is 5.92 Å². The van der Waals surface area contributed by atoms with Gasteiger partial charge in [0, 0.05) is 25.3 Å². The van der Waals surface area contributed by atoms with Crippen LogP contribution in [-0.4, -0.2) is 72.5 Å². The summed E-state index contributed by atoms with van der Waals surface area (Å²) in [6, 6.07) is 13.0. The van der Waals surface area contributed by atoms with E-state index in [-0.39, 0.29) is 6.42 Å². The molecule has 1 amide bonds. The zero-order valence-electron chi connectivity index (χ0n) is 22.1. The molecule has 1 unspecified atom stereocenters. The first-order valence-electron chi connectivity index (χ1n) is 13.9. The number of amides is 1. The molecule has 206 valence electrons. The number of hydrogen-bond acceptors (Lipinski definition) is 7. The summed E-state index contributed by atoms with van der Waals surface area (Å²) in [6.07, 6.45) is 6.83. The summed E-state index contributed by atoms with van der Waals surface area (Å²) < 4.78 is 11.0. The zero-order chi connectivity index (χ0) is 26.6. The van der Waals surface area contributed by atoms with Crippen molar-refractivity contribution >= 4 is 17.9 Å². The molecule has 1 atom stereocenters. The molecule has 2 heterocycles. The van der Waals surface area contributed by atoms with Crippen LogP contribution in [0.15, 0.2) is 42.5 Å². The fourth-order valence-corrected chi connectivity index (χ4v) is 4.53. The van der Waals surface area contributed by atoms with Crippen LogP contribution in [-0.2, 0) is 22.4 Å². The van der Waals surface area contributed by atoms with Crippen LogP contribution in [0, 0.1) is 5.92 Å². The largest absolute Gasteiger partial charge is 0.492 e. The van der Waals surface area contributed by atoms with Gasteiger partial charge in [0.2, 0.25) is 0 Å². The van der Waals surface area contributed by atoms with E-state index in [0.717, 1.165) is 75.3 Å². The molecule has 9 heteroatoms. The molecule has 38 heavy (non-hydrogen) atoms. The second-order valence-electron chi connectivity index (χ2n) is 10.2. The summed E-state index contributed by atoms with van der Waals surface area (Å²) in [5.74, 6) is 1.21. The number of benzene rings is 1. The summed E-state index contributed by atoms with van der Waals surface area (Å²) >= 11 is 0. The van der Waals surface area contributed by atoms with Crippen LogP contribution in [0.3, 0.4) is 0 Å². The Kier molecular flexibility index (Phi) is 10.6. The predicted octanol–water partition coefficient (Wildman–Crippen LogP) is 4.12. The molecular formula is C29H40N4O5. The van der Waals surface area contributed by atoms with Gasteiger partial charge in [-0.3, -0.25) is 4.90 Å². The van der Waals surface area contributed by atoms with E-state index in [1.807, 2.05) is 30.3 Å². The number of aromatic nitrogens is 1. The number of pyridine rings is 1. The predicted molar refractivity (Wildman–Crippen MR) is 146 cm³/mol. The molecule has 1 aliphatic heterocycles. The maximum absolute atomic E-state index is 12.1. The Bertz CT molecular complexity index is 1030. The van der Waals surface area contributed by atoms with Gasteiger partial charge in [-0.25, -0.2) is 14.6 Å². The van der Waals surface area contributed by atoms with Crippen molar-refractivity contribution in [2.75, 3.05) is 44.7 Å². The first-order chi connectivity index (χ1) is 18.6. The van der Waals surface area contributed by atoms with E-state index in [1.54, 1.807) is 0 Å². The van der Waals surface area contributed by atoms with Gasteiger partial charge < -0.3 is 25.2 Å². The molecular weight excluding hydrogens is 484 g/mol. The van der Waals surface area contributed by atoms with Crippen LogP contribution in [0.1, 0.15) is 49.8 Å². The van der Waals surface area contributed by atoms with Gasteiger partial charge in [-0.05, 0) is 87.6 Å². The maximum atomic E-state index is 12.1. The fourth-order valence-electron chi connectivity index (χ4n) is 4.53. The molecule has 1 saturated carbocycles. The SMILES string of the molecule is O=C(NC(CCN(CCCCc1ccc2c(n1)NCCC2)CCOc1ccccc1)C(=O)O)OCC1CC1. The van der Waals surface area contributed by atoms with Crippen molar-refractivity contribution in [3.8, 4) is 5.75 Å². The lowest BCUT2D eigenvalue weighted by Gasteiger charge is -2.24. The van der Waals surface area contributed by atoms with Crippen LogP contribution >= 0.6 is 0 Å². The second kappa shape index (κ2) is 14.6. The number of nitrogens with zero attached hydrogens (tertiary/aromatic N) is 2. The van der Waals surface area contributed by atoms with E-state index in [4.69, 9.17) is 14.5 Å². The van der Waals surface area contributed by atoms with Crippen molar-refractivity contribution in [3.63, 3.8) is 0 Å². The monoisotopic (exact) mass is 524 g/mol. The number of carbonyl (C=O) groups excluding carboxylic acids is 1. The lowest BCUT2D eigenvalue weighted by Crippen LogP contribution is -2.44.